The van der Waals surface area contributed by atoms with Gasteiger partial charge in [0.1, 0.15) is 12.0 Å². The summed E-state index contributed by atoms with van der Waals surface area (Å²) in [6, 6.07) is 3.22. The molecular formula is C14H16F2N2O2. The van der Waals surface area contributed by atoms with Gasteiger partial charge in [-0.3, -0.25) is 0 Å². The molecule has 1 N–H and O–H groups in total. The van der Waals surface area contributed by atoms with Gasteiger partial charge in [0, 0.05) is 18.2 Å². The second kappa shape index (κ2) is 5.58. The Balaban J connectivity index is 2.00. The van der Waals surface area contributed by atoms with Crippen molar-refractivity contribution in [3.8, 4) is 11.8 Å². The summed E-state index contributed by atoms with van der Waals surface area (Å²) in [6.07, 6.45) is 1.44. The molecule has 2 aromatic rings. The van der Waals surface area contributed by atoms with E-state index in [0.29, 0.717) is 12.2 Å². The number of halogens is 2. The Hall–Kier alpha value is -1.95. The summed E-state index contributed by atoms with van der Waals surface area (Å²) in [4.78, 5) is 4.09. The monoisotopic (exact) mass is 282 g/mol. The van der Waals surface area contributed by atoms with Gasteiger partial charge in [-0.15, -0.1) is 0 Å². The van der Waals surface area contributed by atoms with Gasteiger partial charge in [-0.1, -0.05) is 0 Å². The topological polar surface area (TPSA) is 47.3 Å². The molecule has 2 rings (SSSR count). The van der Waals surface area contributed by atoms with Crippen molar-refractivity contribution in [1.82, 2.24) is 10.3 Å². The first-order valence-electron chi connectivity index (χ1n) is 6.16. The Morgan fingerprint density at radius 1 is 1.25 bits per heavy atom. The average molecular weight is 282 g/mol. The maximum atomic E-state index is 13.0. The van der Waals surface area contributed by atoms with Crippen LogP contribution in [-0.2, 0) is 6.54 Å². The maximum absolute atomic E-state index is 13.0. The number of nitrogens with one attached hydrogen (secondary N) is 1. The van der Waals surface area contributed by atoms with Gasteiger partial charge >= 0.3 is 6.08 Å². The molecule has 0 radical (unpaired) electrons. The number of ether oxygens (including phenoxy) is 1. The number of hydrogen-bond acceptors (Lipinski definition) is 4. The molecule has 0 fully saturated rings. The zero-order valence-electron chi connectivity index (χ0n) is 11.5. The third-order valence-electron chi connectivity index (χ3n) is 2.43. The molecule has 0 aliphatic rings. The summed E-state index contributed by atoms with van der Waals surface area (Å²) >= 11 is 0. The molecule has 1 aromatic heterocycles. The minimum Gasteiger partial charge on any atom is -0.417 e. The van der Waals surface area contributed by atoms with Crippen molar-refractivity contribution in [1.29, 1.82) is 0 Å². The highest BCUT2D eigenvalue weighted by Gasteiger charge is 2.12. The fraction of sp³-hybridized carbons (Fsp3) is 0.357. The molecule has 6 heteroatoms. The van der Waals surface area contributed by atoms with Crippen molar-refractivity contribution in [3.63, 3.8) is 0 Å². The molecule has 1 heterocycles. The molecule has 0 amide bonds. The lowest BCUT2D eigenvalue weighted by atomic mass is 10.1. The van der Waals surface area contributed by atoms with E-state index in [1.165, 1.54) is 12.3 Å². The fourth-order valence-corrected chi connectivity index (χ4v) is 1.41. The summed E-state index contributed by atoms with van der Waals surface area (Å²) in [7, 11) is 0. The molecule has 0 bridgehead atoms. The minimum atomic E-state index is -0.983. The van der Waals surface area contributed by atoms with Crippen LogP contribution in [0.15, 0.2) is 28.9 Å². The van der Waals surface area contributed by atoms with Gasteiger partial charge in [0.25, 0.3) is 0 Å². The lowest BCUT2D eigenvalue weighted by molar-refractivity contribution is 0.328. The second-order valence-electron chi connectivity index (χ2n) is 5.39. The highest BCUT2D eigenvalue weighted by Crippen LogP contribution is 2.22. The van der Waals surface area contributed by atoms with E-state index < -0.39 is 11.6 Å². The summed E-state index contributed by atoms with van der Waals surface area (Å²) in [6.45, 7) is 6.62. The van der Waals surface area contributed by atoms with Crippen LogP contribution in [0.2, 0.25) is 0 Å². The lowest BCUT2D eigenvalue weighted by Crippen LogP contribution is -2.35. The number of rotatable bonds is 4. The molecule has 0 aliphatic heterocycles. The highest BCUT2D eigenvalue weighted by molar-refractivity contribution is 5.25. The number of oxazole rings is 1. The van der Waals surface area contributed by atoms with Crippen LogP contribution in [0.1, 0.15) is 26.5 Å². The van der Waals surface area contributed by atoms with Crippen molar-refractivity contribution >= 4 is 0 Å². The smallest absolute Gasteiger partial charge is 0.399 e. The predicted molar refractivity (Wildman–Crippen MR) is 69.5 cm³/mol. The number of aromatic nitrogens is 1. The normalized spacial score (nSPS) is 11.7. The van der Waals surface area contributed by atoms with Crippen LogP contribution in [0.3, 0.4) is 0 Å². The van der Waals surface area contributed by atoms with Crippen LogP contribution in [0, 0.1) is 11.6 Å². The molecular weight excluding hydrogens is 266 g/mol. The third-order valence-corrected chi connectivity index (χ3v) is 2.43. The first-order valence-corrected chi connectivity index (χ1v) is 6.16. The van der Waals surface area contributed by atoms with Gasteiger partial charge in [0.15, 0.2) is 11.6 Å². The van der Waals surface area contributed by atoms with Gasteiger partial charge in [-0.05, 0) is 32.9 Å². The highest BCUT2D eigenvalue weighted by atomic mass is 19.2. The van der Waals surface area contributed by atoms with Crippen molar-refractivity contribution in [2.75, 3.05) is 0 Å². The molecule has 0 aliphatic carbocycles. The lowest BCUT2D eigenvalue weighted by Gasteiger charge is -2.19. The fourth-order valence-electron chi connectivity index (χ4n) is 1.41. The first kappa shape index (κ1) is 14.5. The minimum absolute atomic E-state index is 0.0123. The molecule has 4 nitrogen and oxygen atoms in total. The van der Waals surface area contributed by atoms with Gasteiger partial charge in [0.2, 0.25) is 0 Å². The van der Waals surface area contributed by atoms with Gasteiger partial charge in [0.05, 0.1) is 5.69 Å². The third kappa shape index (κ3) is 4.03. The van der Waals surface area contributed by atoms with E-state index in [9.17, 15) is 8.78 Å². The number of hydrogen-bond donors (Lipinski definition) is 1. The predicted octanol–water partition coefficient (Wildman–Crippen LogP) is 3.63. The van der Waals surface area contributed by atoms with Crippen molar-refractivity contribution in [2.24, 2.45) is 0 Å². The van der Waals surface area contributed by atoms with E-state index in [1.54, 1.807) is 0 Å². The number of benzene rings is 1. The first-order chi connectivity index (χ1) is 9.33. The van der Waals surface area contributed by atoms with Crippen LogP contribution in [0.5, 0.6) is 11.8 Å². The zero-order chi connectivity index (χ0) is 14.8. The Labute approximate surface area is 115 Å². The summed E-state index contributed by atoms with van der Waals surface area (Å²) in [5.41, 5.74) is 0.623. The zero-order valence-corrected chi connectivity index (χ0v) is 11.5. The van der Waals surface area contributed by atoms with E-state index in [2.05, 4.69) is 10.3 Å². The Morgan fingerprint density at radius 3 is 2.65 bits per heavy atom. The van der Waals surface area contributed by atoms with Crippen LogP contribution >= 0.6 is 0 Å². The standard InChI is InChI=1S/C14H16F2N2O2/c1-14(2,3)17-7-9-8-19-13(18-9)20-10-4-5-11(15)12(16)6-10/h4-6,8,17H,7H2,1-3H3. The van der Waals surface area contributed by atoms with Gasteiger partial charge < -0.3 is 14.5 Å². The van der Waals surface area contributed by atoms with Crippen LogP contribution in [-0.4, -0.2) is 10.5 Å². The molecule has 20 heavy (non-hydrogen) atoms. The summed E-state index contributed by atoms with van der Waals surface area (Å²) in [5, 5.41) is 3.24. The molecule has 1 aromatic carbocycles. The van der Waals surface area contributed by atoms with Crippen LogP contribution < -0.4 is 10.1 Å². The quantitative estimate of drug-likeness (QED) is 0.930. The van der Waals surface area contributed by atoms with E-state index in [1.807, 2.05) is 20.8 Å². The largest absolute Gasteiger partial charge is 0.417 e. The summed E-state index contributed by atoms with van der Waals surface area (Å²) in [5.74, 6) is -1.79. The van der Waals surface area contributed by atoms with Crippen molar-refractivity contribution in [2.45, 2.75) is 32.9 Å². The Bertz CT molecular complexity index is 591. The van der Waals surface area contributed by atoms with E-state index in [4.69, 9.17) is 9.15 Å². The molecule has 0 unspecified atom stereocenters. The van der Waals surface area contributed by atoms with Crippen LogP contribution in [0.25, 0.3) is 0 Å². The Kier molecular flexibility index (Phi) is 4.04. The van der Waals surface area contributed by atoms with E-state index >= 15 is 0 Å². The molecule has 0 saturated heterocycles. The second-order valence-corrected chi connectivity index (χ2v) is 5.39. The van der Waals surface area contributed by atoms with Gasteiger partial charge in [-0.2, -0.15) is 4.98 Å². The summed E-state index contributed by atoms with van der Waals surface area (Å²) < 4.78 is 36.1. The van der Waals surface area contributed by atoms with Gasteiger partial charge in [-0.25, -0.2) is 8.78 Å². The average Bonchev–Trinajstić information content (AvgIpc) is 2.78. The maximum Gasteiger partial charge on any atom is 0.399 e. The molecule has 0 spiro atoms. The van der Waals surface area contributed by atoms with Crippen molar-refractivity contribution in [3.05, 3.63) is 41.8 Å². The SMILES string of the molecule is CC(C)(C)NCc1coc(Oc2ccc(F)c(F)c2)n1. The number of nitrogens with zero attached hydrogens (tertiary/aromatic N) is 1. The molecule has 0 atom stereocenters. The molecule has 108 valence electrons. The van der Waals surface area contributed by atoms with Crippen molar-refractivity contribution < 1.29 is 17.9 Å². The Morgan fingerprint density at radius 2 is 2.00 bits per heavy atom. The van der Waals surface area contributed by atoms with Crippen LogP contribution in [0.4, 0.5) is 8.78 Å². The van der Waals surface area contributed by atoms with E-state index in [-0.39, 0.29) is 17.4 Å². The molecule has 0 saturated carbocycles. The van der Waals surface area contributed by atoms with E-state index in [0.717, 1.165) is 12.1 Å².